The fourth-order valence-electron chi connectivity index (χ4n) is 2.05. The highest BCUT2D eigenvalue weighted by Gasteiger charge is 2.24. The molecular weight excluding hydrogens is 210 g/mol. The van der Waals surface area contributed by atoms with Crippen molar-refractivity contribution in [2.45, 2.75) is 32.2 Å². The molecule has 16 heavy (non-hydrogen) atoms. The summed E-state index contributed by atoms with van der Waals surface area (Å²) in [6.45, 7) is 0.574. The monoisotopic (exact) mass is 223 g/mol. The topological polar surface area (TPSA) is 78.0 Å². The van der Waals surface area contributed by atoms with Crippen molar-refractivity contribution in [2.24, 2.45) is 5.92 Å². The molecule has 2 rings (SSSR count). The second-order valence-corrected chi connectivity index (χ2v) is 4.06. The number of nitrogens with zero attached hydrogens (tertiary/aromatic N) is 3. The molecule has 1 aromatic heterocycles. The summed E-state index contributed by atoms with van der Waals surface area (Å²) < 4.78 is 1.53. The van der Waals surface area contributed by atoms with Gasteiger partial charge in [0.1, 0.15) is 18.2 Å². The first-order valence-corrected chi connectivity index (χ1v) is 5.36. The molecule has 0 amide bonds. The second kappa shape index (κ2) is 4.42. The molecule has 6 nitrogen and oxygen atoms in total. The molecule has 0 aliphatic heterocycles. The highest BCUT2D eigenvalue weighted by molar-refractivity contribution is 5.82. The number of ketones is 1. The zero-order valence-corrected chi connectivity index (χ0v) is 8.83. The van der Waals surface area contributed by atoms with Crippen molar-refractivity contribution in [1.29, 1.82) is 0 Å². The zero-order valence-electron chi connectivity index (χ0n) is 8.83. The van der Waals surface area contributed by atoms with Crippen molar-refractivity contribution in [2.75, 3.05) is 0 Å². The van der Waals surface area contributed by atoms with Gasteiger partial charge < -0.3 is 0 Å². The minimum absolute atomic E-state index is 0.00208. The molecule has 1 aliphatic rings. The molecule has 1 aromatic rings. The van der Waals surface area contributed by atoms with Gasteiger partial charge in [-0.25, -0.2) is 0 Å². The van der Waals surface area contributed by atoms with Crippen molar-refractivity contribution in [1.82, 2.24) is 9.78 Å². The van der Waals surface area contributed by atoms with Crippen LogP contribution in [0.5, 0.6) is 0 Å². The van der Waals surface area contributed by atoms with E-state index in [1.165, 1.54) is 17.1 Å². The van der Waals surface area contributed by atoms with Crippen LogP contribution < -0.4 is 0 Å². The van der Waals surface area contributed by atoms with Gasteiger partial charge in [-0.2, -0.15) is 5.10 Å². The van der Waals surface area contributed by atoms with E-state index in [1.54, 1.807) is 0 Å². The van der Waals surface area contributed by atoms with Crippen LogP contribution in [-0.2, 0) is 11.3 Å². The van der Waals surface area contributed by atoms with Gasteiger partial charge in [-0.1, -0.05) is 0 Å². The van der Waals surface area contributed by atoms with Gasteiger partial charge in [0.15, 0.2) is 0 Å². The lowest BCUT2D eigenvalue weighted by Gasteiger charge is -2.06. The Morgan fingerprint density at radius 1 is 1.62 bits per heavy atom. The standard InChI is InChI=1S/C10H13N3O3/c14-10-3-1-2-8(10)4-5-12-7-9(6-11-12)13(15)16/h6-8H,1-5H2. The molecule has 1 aliphatic carbocycles. The molecule has 0 N–H and O–H groups in total. The predicted octanol–water partition coefficient (Wildman–Crippen LogP) is 1.55. The molecule has 0 radical (unpaired) electrons. The average Bonchev–Trinajstić information content (AvgIpc) is 2.83. The molecule has 1 unspecified atom stereocenters. The molecular formula is C10H13N3O3. The van der Waals surface area contributed by atoms with Crippen LogP contribution in [0.25, 0.3) is 0 Å². The largest absolute Gasteiger partial charge is 0.306 e. The molecule has 1 saturated carbocycles. The molecule has 1 fully saturated rings. The van der Waals surface area contributed by atoms with E-state index in [1.807, 2.05) is 0 Å². The van der Waals surface area contributed by atoms with E-state index in [2.05, 4.69) is 5.10 Å². The first kappa shape index (κ1) is 10.8. The van der Waals surface area contributed by atoms with E-state index >= 15 is 0 Å². The summed E-state index contributed by atoms with van der Waals surface area (Å²) in [6.07, 6.45) is 5.97. The maximum Gasteiger partial charge on any atom is 0.306 e. The van der Waals surface area contributed by atoms with Crippen LogP contribution in [0.4, 0.5) is 5.69 Å². The van der Waals surface area contributed by atoms with Gasteiger partial charge in [0, 0.05) is 18.9 Å². The van der Waals surface area contributed by atoms with Crippen LogP contribution in [-0.4, -0.2) is 20.5 Å². The Morgan fingerprint density at radius 2 is 2.44 bits per heavy atom. The van der Waals surface area contributed by atoms with Gasteiger partial charge >= 0.3 is 5.69 Å². The number of aryl methyl sites for hydroxylation is 1. The summed E-state index contributed by atoms with van der Waals surface area (Å²) in [5.74, 6) is 0.449. The third-order valence-corrected chi connectivity index (χ3v) is 2.97. The number of carbonyl (C=O) groups is 1. The minimum Gasteiger partial charge on any atom is -0.299 e. The Labute approximate surface area is 92.4 Å². The molecule has 1 atom stereocenters. The van der Waals surface area contributed by atoms with E-state index < -0.39 is 4.92 Å². The fourth-order valence-corrected chi connectivity index (χ4v) is 2.05. The van der Waals surface area contributed by atoms with Crippen molar-refractivity contribution >= 4 is 11.5 Å². The maximum atomic E-state index is 11.4. The lowest BCUT2D eigenvalue weighted by atomic mass is 10.0. The van der Waals surface area contributed by atoms with Gasteiger partial charge in [-0.15, -0.1) is 0 Å². The molecule has 86 valence electrons. The van der Waals surface area contributed by atoms with Gasteiger partial charge in [-0.3, -0.25) is 19.6 Å². The number of nitro groups is 1. The summed E-state index contributed by atoms with van der Waals surface area (Å²) in [6, 6.07) is 0. The number of carbonyl (C=O) groups excluding carboxylic acids is 1. The fraction of sp³-hybridized carbons (Fsp3) is 0.600. The van der Waals surface area contributed by atoms with Crippen molar-refractivity contribution in [3.63, 3.8) is 0 Å². The van der Waals surface area contributed by atoms with E-state index in [0.717, 1.165) is 19.3 Å². The molecule has 0 spiro atoms. The number of aromatic nitrogens is 2. The van der Waals surface area contributed by atoms with Gasteiger partial charge in [0.05, 0.1) is 4.92 Å². The number of rotatable bonds is 4. The van der Waals surface area contributed by atoms with E-state index in [9.17, 15) is 14.9 Å². The number of hydrogen-bond donors (Lipinski definition) is 0. The Balaban J connectivity index is 1.89. The second-order valence-electron chi connectivity index (χ2n) is 4.06. The van der Waals surface area contributed by atoms with Crippen LogP contribution in [0.3, 0.4) is 0 Å². The van der Waals surface area contributed by atoms with E-state index in [0.29, 0.717) is 18.7 Å². The number of Topliss-reactive ketones (excluding diaryl/α,β-unsaturated/α-hetero) is 1. The summed E-state index contributed by atoms with van der Waals surface area (Å²) in [5, 5.41) is 14.3. The van der Waals surface area contributed by atoms with Crippen LogP contribution >= 0.6 is 0 Å². The molecule has 6 heteroatoms. The normalized spacial score (nSPS) is 20.2. The highest BCUT2D eigenvalue weighted by atomic mass is 16.6. The van der Waals surface area contributed by atoms with Crippen molar-refractivity contribution in [3.8, 4) is 0 Å². The third kappa shape index (κ3) is 2.26. The number of hydrogen-bond acceptors (Lipinski definition) is 4. The lowest BCUT2D eigenvalue weighted by Crippen LogP contribution is -2.10. The molecule has 0 bridgehead atoms. The lowest BCUT2D eigenvalue weighted by molar-refractivity contribution is -0.385. The Bertz CT molecular complexity index is 413. The average molecular weight is 223 g/mol. The quantitative estimate of drug-likeness (QED) is 0.573. The Hall–Kier alpha value is -1.72. The summed E-state index contributed by atoms with van der Waals surface area (Å²) in [7, 11) is 0. The van der Waals surface area contributed by atoms with Gasteiger partial charge in [0.25, 0.3) is 0 Å². The first-order valence-electron chi connectivity index (χ1n) is 5.36. The predicted molar refractivity (Wildman–Crippen MR) is 55.8 cm³/mol. The minimum atomic E-state index is -0.468. The molecule has 0 saturated heterocycles. The van der Waals surface area contributed by atoms with E-state index in [4.69, 9.17) is 0 Å². The van der Waals surface area contributed by atoms with Crippen LogP contribution in [0.15, 0.2) is 12.4 Å². The Morgan fingerprint density at radius 3 is 3.00 bits per heavy atom. The summed E-state index contributed by atoms with van der Waals surface area (Å²) >= 11 is 0. The highest BCUT2D eigenvalue weighted by Crippen LogP contribution is 2.24. The van der Waals surface area contributed by atoms with Crippen molar-refractivity contribution in [3.05, 3.63) is 22.5 Å². The summed E-state index contributed by atoms with van der Waals surface area (Å²) in [4.78, 5) is 21.3. The smallest absolute Gasteiger partial charge is 0.299 e. The third-order valence-electron chi connectivity index (χ3n) is 2.97. The zero-order chi connectivity index (χ0) is 11.5. The van der Waals surface area contributed by atoms with Crippen LogP contribution in [0.2, 0.25) is 0 Å². The summed E-state index contributed by atoms with van der Waals surface area (Å²) in [5.41, 5.74) is -0.00208. The van der Waals surface area contributed by atoms with Crippen molar-refractivity contribution < 1.29 is 9.72 Å². The van der Waals surface area contributed by atoms with E-state index in [-0.39, 0.29) is 11.6 Å². The van der Waals surface area contributed by atoms with Gasteiger partial charge in [-0.05, 0) is 19.3 Å². The SMILES string of the molecule is O=C1CCCC1CCn1cc([N+](=O)[O-])cn1. The van der Waals surface area contributed by atoms with Gasteiger partial charge in [0.2, 0.25) is 0 Å². The molecule has 1 heterocycles. The van der Waals surface area contributed by atoms with Crippen LogP contribution in [0.1, 0.15) is 25.7 Å². The van der Waals surface area contributed by atoms with Crippen LogP contribution in [0, 0.1) is 16.0 Å². The maximum absolute atomic E-state index is 11.4. The first-order chi connectivity index (χ1) is 7.66. The Kier molecular flexibility index (Phi) is 2.98. The molecule has 0 aromatic carbocycles.